The number of carbonyl (C=O) groups excluding carboxylic acids is 2. The fourth-order valence-corrected chi connectivity index (χ4v) is 3.39. The van der Waals surface area contributed by atoms with E-state index in [0.29, 0.717) is 33.2 Å². The first-order chi connectivity index (χ1) is 13.1. The van der Waals surface area contributed by atoms with Crippen molar-refractivity contribution in [3.05, 3.63) is 94.5 Å². The van der Waals surface area contributed by atoms with Crippen LogP contribution in [-0.2, 0) is 9.53 Å². The minimum atomic E-state index is -0.648. The minimum Gasteiger partial charge on any atom is -0.457 e. The lowest BCUT2D eigenvalue weighted by Gasteiger charge is -2.26. The highest BCUT2D eigenvalue weighted by atomic mass is 35.5. The highest BCUT2D eigenvalue weighted by molar-refractivity contribution is 6.34. The number of hydrogen-bond donors (Lipinski definition) is 0. The molecule has 5 heteroatoms. The van der Waals surface area contributed by atoms with Gasteiger partial charge in [0.2, 0.25) is 5.78 Å². The van der Waals surface area contributed by atoms with Gasteiger partial charge in [-0.25, -0.2) is 0 Å². The zero-order chi connectivity index (χ0) is 18.8. The van der Waals surface area contributed by atoms with Crippen molar-refractivity contribution < 1.29 is 19.1 Å². The molecule has 0 N–H and O–H groups in total. The molecule has 4 nitrogen and oxygen atoms in total. The number of halogens is 1. The Morgan fingerprint density at radius 1 is 0.852 bits per heavy atom. The number of fused-ring (bicyclic) bond motifs is 2. The third kappa shape index (κ3) is 3.32. The van der Waals surface area contributed by atoms with Gasteiger partial charge in [0.1, 0.15) is 17.4 Å². The van der Waals surface area contributed by atoms with Crippen LogP contribution >= 0.6 is 11.6 Å². The van der Waals surface area contributed by atoms with Gasteiger partial charge in [0.25, 0.3) is 0 Å². The summed E-state index contributed by atoms with van der Waals surface area (Å²) in [5.41, 5.74) is 1.76. The lowest BCUT2D eigenvalue weighted by atomic mass is 9.88. The van der Waals surface area contributed by atoms with Crippen molar-refractivity contribution in [3.8, 4) is 11.5 Å². The predicted octanol–water partition coefficient (Wildman–Crippen LogP) is 5.00. The number of ether oxygens (including phenoxy) is 2. The number of Topliss-reactive ketones (excluding diaryl/α,β-unsaturated/α-hetero) is 1. The third-order valence-corrected chi connectivity index (χ3v) is 4.77. The van der Waals surface area contributed by atoms with Crippen LogP contribution in [0.25, 0.3) is 0 Å². The summed E-state index contributed by atoms with van der Waals surface area (Å²) < 4.78 is 11.2. The molecule has 3 aromatic rings. The van der Waals surface area contributed by atoms with E-state index in [1.54, 1.807) is 36.4 Å². The van der Waals surface area contributed by atoms with Crippen molar-refractivity contribution in [3.63, 3.8) is 0 Å². The first-order valence-corrected chi connectivity index (χ1v) is 8.83. The van der Waals surface area contributed by atoms with Crippen LogP contribution in [0.4, 0.5) is 0 Å². The number of hydrogen-bond acceptors (Lipinski definition) is 4. The molecule has 1 aliphatic heterocycles. The number of ketones is 1. The first kappa shape index (κ1) is 17.3. The summed E-state index contributed by atoms with van der Waals surface area (Å²) in [6, 6.07) is 21.3. The molecule has 1 aliphatic rings. The first-order valence-electron chi connectivity index (χ1n) is 8.45. The largest absolute Gasteiger partial charge is 0.457 e. The Labute approximate surface area is 161 Å². The van der Waals surface area contributed by atoms with E-state index in [2.05, 4.69) is 0 Å². The van der Waals surface area contributed by atoms with Crippen LogP contribution in [0.2, 0.25) is 5.02 Å². The Bertz CT molecular complexity index is 983. The molecular formula is C22H15ClO4. The minimum absolute atomic E-state index is 0.333. The Morgan fingerprint density at radius 3 is 2.04 bits per heavy atom. The van der Waals surface area contributed by atoms with Crippen LogP contribution in [0.15, 0.2) is 72.8 Å². The SMILES string of the molecule is O=C(COC(=O)C1c2ccccc2Oc2ccccc21)c1ccccc1Cl. The molecule has 0 unspecified atom stereocenters. The summed E-state index contributed by atoms with van der Waals surface area (Å²) in [5, 5.41) is 0.334. The van der Waals surface area contributed by atoms with Gasteiger partial charge >= 0.3 is 5.97 Å². The lowest BCUT2D eigenvalue weighted by molar-refractivity contribution is -0.143. The number of carbonyl (C=O) groups is 2. The topological polar surface area (TPSA) is 52.6 Å². The Morgan fingerprint density at radius 2 is 1.41 bits per heavy atom. The highest BCUT2D eigenvalue weighted by Crippen LogP contribution is 2.44. The van der Waals surface area contributed by atoms with Crippen molar-refractivity contribution >= 4 is 23.4 Å². The molecule has 0 saturated carbocycles. The molecule has 27 heavy (non-hydrogen) atoms. The third-order valence-electron chi connectivity index (χ3n) is 4.44. The molecule has 0 fully saturated rings. The Kier molecular flexibility index (Phi) is 4.65. The molecule has 1 heterocycles. The molecular weight excluding hydrogens is 364 g/mol. The Balaban J connectivity index is 1.59. The van der Waals surface area contributed by atoms with Crippen molar-refractivity contribution in [2.75, 3.05) is 6.61 Å². The van der Waals surface area contributed by atoms with Gasteiger partial charge in [0.15, 0.2) is 6.61 Å². The fraction of sp³-hybridized carbons (Fsp3) is 0.0909. The van der Waals surface area contributed by atoms with Crippen LogP contribution in [0, 0.1) is 0 Å². The van der Waals surface area contributed by atoms with E-state index in [4.69, 9.17) is 21.1 Å². The van der Waals surface area contributed by atoms with Crippen LogP contribution in [-0.4, -0.2) is 18.4 Å². The molecule has 0 aliphatic carbocycles. The summed E-state index contributed by atoms with van der Waals surface area (Å²) >= 11 is 6.04. The second kappa shape index (κ2) is 7.25. The van der Waals surface area contributed by atoms with Gasteiger partial charge in [0.05, 0.1) is 5.02 Å². The maximum Gasteiger partial charge on any atom is 0.318 e. The second-order valence-corrected chi connectivity index (χ2v) is 6.53. The van der Waals surface area contributed by atoms with Gasteiger partial charge in [-0.15, -0.1) is 0 Å². The zero-order valence-corrected chi connectivity index (χ0v) is 15.0. The summed E-state index contributed by atoms with van der Waals surface area (Å²) in [6.07, 6.45) is 0. The number of rotatable bonds is 4. The zero-order valence-electron chi connectivity index (χ0n) is 14.2. The normalized spacial score (nSPS) is 12.5. The quantitative estimate of drug-likeness (QED) is 0.473. The molecule has 3 aromatic carbocycles. The molecule has 0 atom stereocenters. The fourth-order valence-electron chi connectivity index (χ4n) is 3.15. The number of esters is 1. The van der Waals surface area contributed by atoms with Crippen LogP contribution in [0.3, 0.4) is 0 Å². The second-order valence-electron chi connectivity index (χ2n) is 6.12. The summed E-state index contributed by atoms with van der Waals surface area (Å²) in [7, 11) is 0. The molecule has 4 rings (SSSR count). The monoisotopic (exact) mass is 378 g/mol. The van der Waals surface area contributed by atoms with Gasteiger partial charge in [-0.3, -0.25) is 9.59 Å². The van der Waals surface area contributed by atoms with Crippen molar-refractivity contribution in [1.82, 2.24) is 0 Å². The molecule has 0 radical (unpaired) electrons. The molecule has 0 amide bonds. The molecule has 0 spiro atoms. The van der Waals surface area contributed by atoms with Crippen molar-refractivity contribution in [2.45, 2.75) is 5.92 Å². The number of para-hydroxylation sites is 2. The van der Waals surface area contributed by atoms with Gasteiger partial charge < -0.3 is 9.47 Å². The van der Waals surface area contributed by atoms with Crippen molar-refractivity contribution in [2.24, 2.45) is 0 Å². The van der Waals surface area contributed by atoms with Crippen LogP contribution < -0.4 is 4.74 Å². The van der Waals surface area contributed by atoms with Crippen molar-refractivity contribution in [1.29, 1.82) is 0 Å². The summed E-state index contributed by atoms with van der Waals surface area (Å²) in [5.74, 6) is -0.280. The average molecular weight is 379 g/mol. The highest BCUT2D eigenvalue weighted by Gasteiger charge is 2.33. The van der Waals surface area contributed by atoms with Crippen LogP contribution in [0.5, 0.6) is 11.5 Å². The predicted molar refractivity (Wildman–Crippen MR) is 102 cm³/mol. The van der Waals surface area contributed by atoms with E-state index >= 15 is 0 Å². The van der Waals surface area contributed by atoms with Gasteiger partial charge in [-0.05, 0) is 24.3 Å². The summed E-state index contributed by atoms with van der Waals surface area (Å²) in [4.78, 5) is 25.2. The molecule has 134 valence electrons. The summed E-state index contributed by atoms with van der Waals surface area (Å²) in [6.45, 7) is -0.371. The lowest BCUT2D eigenvalue weighted by Crippen LogP contribution is -2.23. The number of benzene rings is 3. The molecule has 0 aromatic heterocycles. The maximum atomic E-state index is 12.9. The smallest absolute Gasteiger partial charge is 0.318 e. The van der Waals surface area contributed by atoms with E-state index in [1.807, 2.05) is 36.4 Å². The molecule has 0 bridgehead atoms. The van der Waals surface area contributed by atoms with E-state index in [9.17, 15) is 9.59 Å². The van der Waals surface area contributed by atoms with E-state index in [0.717, 1.165) is 0 Å². The average Bonchev–Trinajstić information content (AvgIpc) is 2.70. The maximum absolute atomic E-state index is 12.9. The van der Waals surface area contributed by atoms with Gasteiger partial charge in [-0.2, -0.15) is 0 Å². The standard InChI is InChI=1S/C22H15ClO4/c23-17-10-4-1-7-14(17)18(24)13-26-22(25)21-15-8-2-5-11-19(15)27-20-12-6-3-9-16(20)21/h1-12,21H,13H2. The van der Waals surface area contributed by atoms with Gasteiger partial charge in [0, 0.05) is 16.7 Å². The van der Waals surface area contributed by atoms with E-state index < -0.39 is 11.9 Å². The Hall–Kier alpha value is -3.11. The molecule has 0 saturated heterocycles. The van der Waals surface area contributed by atoms with Crippen LogP contribution in [0.1, 0.15) is 27.4 Å². The van der Waals surface area contributed by atoms with E-state index in [-0.39, 0.29) is 12.4 Å². The van der Waals surface area contributed by atoms with Gasteiger partial charge in [-0.1, -0.05) is 60.1 Å². The van der Waals surface area contributed by atoms with E-state index in [1.165, 1.54) is 0 Å².